The van der Waals surface area contributed by atoms with Crippen LogP contribution in [-0.4, -0.2) is 17.3 Å². The highest BCUT2D eigenvalue weighted by atomic mass is 35.5. The van der Waals surface area contributed by atoms with Crippen molar-refractivity contribution in [3.8, 4) is 0 Å². The maximum Gasteiger partial charge on any atom is 0.399 e. The minimum absolute atomic E-state index is 0.266. The number of hydrogen-bond donors (Lipinski definition) is 1. The number of nitrogens with one attached hydrogen (secondary N) is 1. The maximum atomic E-state index is 12.2. The van der Waals surface area contributed by atoms with E-state index >= 15 is 0 Å². The van der Waals surface area contributed by atoms with Gasteiger partial charge in [0, 0.05) is 6.04 Å². The third-order valence-corrected chi connectivity index (χ3v) is 2.08. The van der Waals surface area contributed by atoms with Gasteiger partial charge in [0.25, 0.3) is 0 Å². The summed E-state index contributed by atoms with van der Waals surface area (Å²) in [4.78, 5) is 10.7. The Morgan fingerprint density at radius 3 is 1.80 bits per heavy atom. The zero-order valence-corrected chi connectivity index (χ0v) is 10.9. The van der Waals surface area contributed by atoms with Crippen molar-refractivity contribution in [2.24, 2.45) is 5.41 Å². The normalized spacial score (nSPS) is 13.7. The van der Waals surface area contributed by atoms with Gasteiger partial charge in [-0.15, -0.1) is 0 Å². The average Bonchev–Trinajstić information content (AvgIpc) is 2.04. The molecule has 15 heavy (non-hydrogen) atoms. The molecule has 0 rings (SSSR count). The van der Waals surface area contributed by atoms with Crippen LogP contribution < -0.4 is 5.32 Å². The maximum absolute atomic E-state index is 12.2. The van der Waals surface area contributed by atoms with Crippen LogP contribution >= 0.6 is 11.6 Å². The van der Waals surface area contributed by atoms with E-state index in [-0.39, 0.29) is 11.5 Å². The Kier molecular flexibility index (Phi) is 7.10. The van der Waals surface area contributed by atoms with Crippen molar-refractivity contribution in [2.45, 2.75) is 53.0 Å². The quantitative estimate of drug-likeness (QED) is 0.740. The minimum atomic E-state index is -3.82. The van der Waals surface area contributed by atoms with Crippen molar-refractivity contribution < 1.29 is 13.6 Å². The molecule has 1 unspecified atom stereocenters. The van der Waals surface area contributed by atoms with Crippen LogP contribution in [0.15, 0.2) is 0 Å². The van der Waals surface area contributed by atoms with Crippen LogP contribution in [-0.2, 0) is 4.79 Å². The van der Waals surface area contributed by atoms with Crippen molar-refractivity contribution >= 4 is 17.5 Å². The van der Waals surface area contributed by atoms with Crippen LogP contribution in [0.4, 0.5) is 8.78 Å². The summed E-state index contributed by atoms with van der Waals surface area (Å²) in [6, 6.07) is -0.357. The molecule has 1 amide bonds. The molecule has 92 valence electrons. The highest BCUT2D eigenvalue weighted by Gasteiger charge is 2.37. The van der Waals surface area contributed by atoms with E-state index in [4.69, 9.17) is 0 Å². The smallest absolute Gasteiger partial charge is 0.347 e. The molecule has 0 radical (unpaired) electrons. The average molecular weight is 244 g/mol. The molecule has 0 aliphatic carbocycles. The lowest BCUT2D eigenvalue weighted by atomic mass is 9.88. The van der Waals surface area contributed by atoms with Gasteiger partial charge in [0.05, 0.1) is 0 Å². The van der Waals surface area contributed by atoms with Gasteiger partial charge in [-0.2, -0.15) is 8.78 Å². The summed E-state index contributed by atoms with van der Waals surface area (Å²) in [6.45, 7) is 11.2. The van der Waals surface area contributed by atoms with Crippen molar-refractivity contribution in [2.75, 3.05) is 0 Å². The van der Waals surface area contributed by atoms with Gasteiger partial charge in [-0.1, -0.05) is 34.6 Å². The highest BCUT2D eigenvalue weighted by molar-refractivity contribution is 6.32. The van der Waals surface area contributed by atoms with Crippen molar-refractivity contribution in [3.63, 3.8) is 0 Å². The van der Waals surface area contributed by atoms with Crippen LogP contribution in [0, 0.1) is 5.41 Å². The molecule has 0 aromatic rings. The van der Waals surface area contributed by atoms with Gasteiger partial charge in [0.1, 0.15) is 0 Å². The van der Waals surface area contributed by atoms with Crippen molar-refractivity contribution in [3.05, 3.63) is 0 Å². The van der Waals surface area contributed by atoms with E-state index in [2.05, 4.69) is 16.9 Å². The number of amides is 1. The van der Waals surface area contributed by atoms with Crippen LogP contribution in [0.25, 0.3) is 0 Å². The Morgan fingerprint density at radius 2 is 1.60 bits per heavy atom. The summed E-state index contributed by atoms with van der Waals surface area (Å²) in [5.41, 5.74) is -0.266. The van der Waals surface area contributed by atoms with Crippen LogP contribution in [0.3, 0.4) is 0 Å². The summed E-state index contributed by atoms with van der Waals surface area (Å²) in [6.07, 6.45) is 0. The van der Waals surface area contributed by atoms with Crippen LogP contribution in [0.2, 0.25) is 0 Å². The molecule has 0 saturated carbocycles. The van der Waals surface area contributed by atoms with Gasteiger partial charge in [-0.3, -0.25) is 4.79 Å². The van der Waals surface area contributed by atoms with Gasteiger partial charge in [-0.25, -0.2) is 0 Å². The van der Waals surface area contributed by atoms with Gasteiger partial charge >= 0.3 is 11.3 Å². The Balaban J connectivity index is 0. The number of hydrogen-bond acceptors (Lipinski definition) is 1. The second kappa shape index (κ2) is 6.26. The lowest BCUT2D eigenvalue weighted by molar-refractivity contribution is -0.137. The van der Waals surface area contributed by atoms with E-state index in [1.807, 2.05) is 34.6 Å². The van der Waals surface area contributed by atoms with Crippen molar-refractivity contribution in [1.29, 1.82) is 0 Å². The zero-order chi connectivity index (χ0) is 12.9. The topological polar surface area (TPSA) is 29.1 Å². The summed E-state index contributed by atoms with van der Waals surface area (Å²) in [5, 5.41) is -1.68. The molecule has 2 nitrogen and oxygen atoms in total. The fraction of sp³-hybridized carbons (Fsp3) is 0.900. The number of rotatable bonds is 2. The van der Waals surface area contributed by atoms with Crippen molar-refractivity contribution in [1.82, 2.24) is 5.32 Å². The molecular weight excluding hydrogens is 224 g/mol. The van der Waals surface area contributed by atoms with Gasteiger partial charge < -0.3 is 5.32 Å². The number of carbonyl (C=O) groups excluding carboxylic acids is 1. The van der Waals surface area contributed by atoms with Gasteiger partial charge in [0.2, 0.25) is 0 Å². The SMILES string of the molecule is CC.CC(NC(=O)C(F)(F)Cl)C(C)(C)C. The number of halogens is 3. The standard InChI is InChI=1S/C8H14ClF2NO.C2H6/c1-5(7(2,3)4)12-6(13)8(9,10)11;1-2/h5H,1-4H3,(H,12,13);1-2H3. The molecule has 0 aromatic carbocycles. The molecule has 0 aliphatic rings. The van der Waals surface area contributed by atoms with E-state index < -0.39 is 11.3 Å². The Morgan fingerprint density at radius 1 is 1.27 bits per heavy atom. The summed E-state index contributed by atoms with van der Waals surface area (Å²) in [7, 11) is 0. The fourth-order valence-electron chi connectivity index (χ4n) is 0.495. The zero-order valence-electron chi connectivity index (χ0n) is 10.1. The first-order valence-electron chi connectivity index (χ1n) is 4.93. The number of carbonyl (C=O) groups is 1. The second-order valence-electron chi connectivity index (χ2n) is 4.06. The minimum Gasteiger partial charge on any atom is -0.347 e. The molecule has 0 heterocycles. The van der Waals surface area contributed by atoms with Crippen LogP contribution in [0.1, 0.15) is 41.5 Å². The van der Waals surface area contributed by atoms with E-state index in [1.165, 1.54) is 0 Å². The van der Waals surface area contributed by atoms with E-state index in [1.54, 1.807) is 6.92 Å². The molecule has 0 aliphatic heterocycles. The summed E-state index contributed by atoms with van der Waals surface area (Å²) in [5.74, 6) is -1.45. The van der Waals surface area contributed by atoms with Crippen LogP contribution in [0.5, 0.6) is 0 Å². The number of alkyl halides is 3. The molecule has 0 spiro atoms. The molecule has 0 aromatic heterocycles. The molecule has 1 atom stereocenters. The predicted octanol–water partition coefficient (Wildman–Crippen LogP) is 3.40. The van der Waals surface area contributed by atoms with Gasteiger partial charge in [0.15, 0.2) is 0 Å². The lowest BCUT2D eigenvalue weighted by Crippen LogP contribution is -2.46. The first-order chi connectivity index (χ1) is 6.55. The molecule has 0 fully saturated rings. The Bertz CT molecular complexity index is 197. The molecule has 0 saturated heterocycles. The third-order valence-electron chi connectivity index (χ3n) is 1.90. The Hall–Kier alpha value is -0.380. The Labute approximate surface area is 95.4 Å². The van der Waals surface area contributed by atoms with E-state index in [0.29, 0.717) is 0 Å². The summed E-state index contributed by atoms with van der Waals surface area (Å²) >= 11 is 4.53. The monoisotopic (exact) mass is 243 g/mol. The van der Waals surface area contributed by atoms with Gasteiger partial charge in [-0.05, 0) is 23.9 Å². The third kappa shape index (κ3) is 7.54. The molecule has 1 N–H and O–H groups in total. The summed E-state index contributed by atoms with van der Waals surface area (Å²) < 4.78 is 24.4. The lowest BCUT2D eigenvalue weighted by Gasteiger charge is -2.28. The highest BCUT2D eigenvalue weighted by Crippen LogP contribution is 2.22. The molecule has 5 heteroatoms. The first-order valence-corrected chi connectivity index (χ1v) is 5.30. The molecule has 0 bridgehead atoms. The predicted molar refractivity (Wildman–Crippen MR) is 59.2 cm³/mol. The molecular formula is C10H20ClF2NO. The first kappa shape index (κ1) is 17.0. The fourth-order valence-corrected chi connectivity index (χ4v) is 0.550. The largest absolute Gasteiger partial charge is 0.399 e. The second-order valence-corrected chi connectivity index (χ2v) is 4.53. The van der Waals surface area contributed by atoms with E-state index in [0.717, 1.165) is 0 Å². The van der Waals surface area contributed by atoms with E-state index in [9.17, 15) is 13.6 Å².